The van der Waals surface area contributed by atoms with Gasteiger partial charge in [-0.05, 0) is 67.5 Å². The summed E-state index contributed by atoms with van der Waals surface area (Å²) in [4.78, 5) is 6.93. The first-order valence-electron chi connectivity index (χ1n) is 10.2. The predicted molar refractivity (Wildman–Crippen MR) is 125 cm³/mol. The van der Waals surface area contributed by atoms with Gasteiger partial charge in [0.15, 0.2) is 5.11 Å². The fourth-order valence-corrected chi connectivity index (χ4v) is 5.13. The fraction of sp³-hybridized carbons (Fsp3) is 0.304. The Morgan fingerprint density at radius 1 is 1.17 bits per heavy atom. The molecule has 3 aromatic rings. The lowest BCUT2D eigenvalue weighted by Crippen LogP contribution is -2.36. The van der Waals surface area contributed by atoms with Gasteiger partial charge in [-0.15, -0.1) is 0 Å². The molecule has 7 heteroatoms. The van der Waals surface area contributed by atoms with Crippen molar-refractivity contribution in [3.8, 4) is 5.69 Å². The van der Waals surface area contributed by atoms with Crippen molar-refractivity contribution in [2.24, 2.45) is 0 Å². The van der Waals surface area contributed by atoms with E-state index in [0.717, 1.165) is 47.0 Å². The van der Waals surface area contributed by atoms with Gasteiger partial charge >= 0.3 is 0 Å². The van der Waals surface area contributed by atoms with Crippen LogP contribution in [0.3, 0.4) is 0 Å². The molecule has 0 amide bonds. The Hall–Kier alpha value is -2.22. The number of halogens is 1. The molecule has 2 aliphatic heterocycles. The third kappa shape index (κ3) is 3.77. The third-order valence-electron chi connectivity index (χ3n) is 5.79. The average molecular weight is 483 g/mol. The first-order valence-corrected chi connectivity index (χ1v) is 11.4. The molecule has 0 aliphatic carbocycles. The van der Waals surface area contributed by atoms with Crippen LogP contribution in [0.15, 0.2) is 71.5 Å². The molecule has 5 rings (SSSR count). The molecule has 0 bridgehead atoms. The van der Waals surface area contributed by atoms with E-state index in [1.165, 1.54) is 5.69 Å². The largest absolute Gasteiger partial charge is 0.376 e. The van der Waals surface area contributed by atoms with E-state index in [9.17, 15) is 0 Å². The zero-order valence-electron chi connectivity index (χ0n) is 16.4. The summed E-state index contributed by atoms with van der Waals surface area (Å²) in [7, 11) is 0. The maximum Gasteiger partial charge on any atom is 0.170 e. The maximum atomic E-state index is 5.94. The van der Waals surface area contributed by atoms with Crippen molar-refractivity contribution in [3.05, 3.63) is 82.9 Å². The molecule has 1 N–H and O–H groups in total. The fourth-order valence-electron chi connectivity index (χ4n) is 4.43. The number of hydrogen-bond acceptors (Lipinski definition) is 3. The summed E-state index contributed by atoms with van der Waals surface area (Å²) >= 11 is 9.40. The molecule has 0 unspecified atom stereocenters. The molecule has 2 aliphatic rings. The minimum absolute atomic E-state index is 0.0191. The number of thiocarbonyl (C=S) groups is 1. The average Bonchev–Trinajstić information content (AvgIpc) is 3.50. The van der Waals surface area contributed by atoms with Gasteiger partial charge in [-0.1, -0.05) is 28.1 Å². The second-order valence-electron chi connectivity index (χ2n) is 7.70. The molecule has 3 atom stereocenters. The highest BCUT2D eigenvalue weighted by Gasteiger charge is 2.42. The Morgan fingerprint density at radius 2 is 2.10 bits per heavy atom. The highest BCUT2D eigenvalue weighted by Crippen LogP contribution is 2.40. The summed E-state index contributed by atoms with van der Waals surface area (Å²) in [5, 5.41) is 4.30. The number of rotatable bonds is 5. The van der Waals surface area contributed by atoms with E-state index in [1.54, 1.807) is 0 Å². The Balaban J connectivity index is 1.57. The van der Waals surface area contributed by atoms with Crippen LogP contribution in [-0.2, 0) is 4.74 Å². The molecule has 1 aromatic carbocycles. The highest BCUT2D eigenvalue weighted by atomic mass is 79.9. The lowest BCUT2D eigenvalue weighted by atomic mass is 10.0. The Bertz CT molecular complexity index is 1030. The van der Waals surface area contributed by atoms with Crippen LogP contribution in [0.25, 0.3) is 5.69 Å². The van der Waals surface area contributed by atoms with Gasteiger partial charge in [0.25, 0.3) is 0 Å². The third-order valence-corrected chi connectivity index (χ3v) is 6.64. The van der Waals surface area contributed by atoms with Crippen LogP contribution in [0.5, 0.6) is 0 Å². The van der Waals surface area contributed by atoms with Gasteiger partial charge < -0.3 is 19.5 Å². The minimum atomic E-state index is -0.0269. The number of ether oxygens (including phenoxy) is 1. The number of hydrogen-bond donors (Lipinski definition) is 1. The van der Waals surface area contributed by atoms with Crippen molar-refractivity contribution >= 4 is 33.3 Å². The molecule has 5 nitrogen and oxygen atoms in total. The quantitative estimate of drug-likeness (QED) is 0.529. The minimum Gasteiger partial charge on any atom is -0.376 e. The normalized spacial score (nSPS) is 23.7. The first-order chi connectivity index (χ1) is 14.7. The van der Waals surface area contributed by atoms with Crippen molar-refractivity contribution in [1.82, 2.24) is 19.8 Å². The summed E-state index contributed by atoms with van der Waals surface area (Å²) < 4.78 is 9.24. The Morgan fingerprint density at radius 3 is 2.87 bits per heavy atom. The lowest BCUT2D eigenvalue weighted by molar-refractivity contribution is 0.0836. The van der Waals surface area contributed by atoms with Crippen LogP contribution >= 0.6 is 28.1 Å². The van der Waals surface area contributed by atoms with E-state index >= 15 is 0 Å². The predicted octanol–water partition coefficient (Wildman–Crippen LogP) is 4.79. The number of benzene rings is 1. The summed E-state index contributed by atoms with van der Waals surface area (Å²) in [6.07, 6.45) is 6.35. The molecule has 2 saturated heterocycles. The second kappa shape index (κ2) is 8.49. The van der Waals surface area contributed by atoms with Gasteiger partial charge in [-0.3, -0.25) is 4.98 Å². The zero-order chi connectivity index (χ0) is 20.5. The number of nitrogens with one attached hydrogen (secondary N) is 1. The van der Waals surface area contributed by atoms with Crippen LogP contribution in [0.2, 0.25) is 0 Å². The molecule has 0 radical (unpaired) electrons. The lowest BCUT2D eigenvalue weighted by Gasteiger charge is -2.30. The topological polar surface area (TPSA) is 42.3 Å². The van der Waals surface area contributed by atoms with E-state index in [4.69, 9.17) is 17.0 Å². The van der Waals surface area contributed by atoms with Gasteiger partial charge in [-0.2, -0.15) is 0 Å². The van der Waals surface area contributed by atoms with Crippen molar-refractivity contribution in [3.63, 3.8) is 0 Å². The number of pyridine rings is 1. The van der Waals surface area contributed by atoms with Crippen LogP contribution in [-0.4, -0.2) is 38.8 Å². The Kier molecular flexibility index (Phi) is 5.58. The second-order valence-corrected chi connectivity index (χ2v) is 9.00. The van der Waals surface area contributed by atoms with Gasteiger partial charge in [0, 0.05) is 41.4 Å². The van der Waals surface area contributed by atoms with Crippen LogP contribution in [0, 0.1) is 0 Å². The van der Waals surface area contributed by atoms with Crippen molar-refractivity contribution < 1.29 is 4.74 Å². The standard InChI is InChI=1S/C23H23BrN4OS/c24-16-6-3-7-17(14-16)27-12-4-10-20(27)22-21(19-9-1-2-11-25-19)26-23(30)28(22)15-18-8-5-13-29-18/h1-4,6-7,9-12,14,18,21-22H,5,8,13,15H2,(H,26,30)/t18-,21+,22+/m0/s1. The molecule has 0 spiro atoms. The molecule has 2 aromatic heterocycles. The van der Waals surface area contributed by atoms with Crippen molar-refractivity contribution in [2.45, 2.75) is 31.0 Å². The summed E-state index contributed by atoms with van der Waals surface area (Å²) in [6.45, 7) is 1.62. The number of nitrogens with zero attached hydrogens (tertiary/aromatic N) is 3. The maximum absolute atomic E-state index is 5.94. The van der Waals surface area contributed by atoms with Gasteiger partial charge in [0.1, 0.15) is 0 Å². The van der Waals surface area contributed by atoms with Gasteiger partial charge in [0.05, 0.1) is 23.9 Å². The summed E-state index contributed by atoms with van der Waals surface area (Å²) in [5.74, 6) is 0. The molecule has 30 heavy (non-hydrogen) atoms. The molecule has 2 fully saturated rings. The first kappa shape index (κ1) is 19.7. The molecule has 0 saturated carbocycles. The van der Waals surface area contributed by atoms with E-state index < -0.39 is 0 Å². The van der Waals surface area contributed by atoms with E-state index in [0.29, 0.717) is 0 Å². The summed E-state index contributed by atoms with van der Waals surface area (Å²) in [6, 6.07) is 18.7. The van der Waals surface area contributed by atoms with Gasteiger partial charge in [-0.25, -0.2) is 0 Å². The Labute approximate surface area is 190 Å². The van der Waals surface area contributed by atoms with Crippen molar-refractivity contribution in [1.29, 1.82) is 0 Å². The molecule has 4 heterocycles. The molecule has 154 valence electrons. The van der Waals surface area contributed by atoms with Crippen LogP contribution < -0.4 is 5.32 Å². The monoisotopic (exact) mass is 482 g/mol. The highest BCUT2D eigenvalue weighted by molar-refractivity contribution is 9.10. The summed E-state index contributed by atoms with van der Waals surface area (Å²) in [5.41, 5.74) is 3.27. The zero-order valence-corrected chi connectivity index (χ0v) is 18.8. The van der Waals surface area contributed by atoms with E-state index in [1.807, 2.05) is 24.4 Å². The van der Waals surface area contributed by atoms with E-state index in [2.05, 4.69) is 78.3 Å². The van der Waals surface area contributed by atoms with E-state index in [-0.39, 0.29) is 18.2 Å². The molecular formula is C23H23BrN4OS. The number of aromatic nitrogens is 2. The van der Waals surface area contributed by atoms with Crippen molar-refractivity contribution in [2.75, 3.05) is 13.2 Å². The SMILES string of the molecule is S=C1N[C@H](c2ccccn2)[C@@H](c2cccn2-c2cccc(Br)c2)N1C[C@@H]1CCCO1. The smallest absolute Gasteiger partial charge is 0.170 e. The van der Waals surface area contributed by atoms with Crippen LogP contribution in [0.1, 0.15) is 36.3 Å². The molecular weight excluding hydrogens is 460 g/mol. The van der Waals surface area contributed by atoms with Gasteiger partial charge in [0.2, 0.25) is 0 Å². The van der Waals surface area contributed by atoms with Crippen LogP contribution in [0.4, 0.5) is 0 Å².